The number of amides is 2. The molecule has 1 N–H and O–H groups in total. The van der Waals surface area contributed by atoms with Gasteiger partial charge in [-0.2, -0.15) is 0 Å². The summed E-state index contributed by atoms with van der Waals surface area (Å²) in [5, 5.41) is 2.95. The van der Waals surface area contributed by atoms with Gasteiger partial charge in [0.05, 0.1) is 26.3 Å². The van der Waals surface area contributed by atoms with E-state index in [1.165, 1.54) is 7.11 Å². The number of likely N-dealkylation sites (tertiary alicyclic amines) is 1. The number of nitrogens with zero attached hydrogens (tertiary/aromatic N) is 1. The molecule has 7 nitrogen and oxygen atoms in total. The first-order chi connectivity index (χ1) is 18.5. The number of nitrogens with one attached hydrogen (secondary N) is 1. The Hall–Kier alpha value is -4.26. The Morgan fingerprint density at radius 2 is 1.71 bits per heavy atom. The summed E-state index contributed by atoms with van der Waals surface area (Å²) in [5.41, 5.74) is 3.83. The van der Waals surface area contributed by atoms with Crippen LogP contribution in [0.15, 0.2) is 60.7 Å². The fraction of sp³-hybridized carbons (Fsp3) is 0.290. The Kier molecular flexibility index (Phi) is 9.03. The van der Waals surface area contributed by atoms with Crippen molar-refractivity contribution in [3.8, 4) is 17.2 Å². The van der Waals surface area contributed by atoms with Gasteiger partial charge < -0.3 is 24.4 Å². The van der Waals surface area contributed by atoms with E-state index in [0.717, 1.165) is 36.3 Å². The molecular weight excluding hydrogens is 480 g/mol. The van der Waals surface area contributed by atoms with Crippen LogP contribution in [0.5, 0.6) is 17.2 Å². The van der Waals surface area contributed by atoms with Gasteiger partial charge in [0.1, 0.15) is 23.9 Å². The van der Waals surface area contributed by atoms with E-state index in [1.807, 2.05) is 78.6 Å². The molecule has 1 heterocycles. The molecule has 0 aliphatic carbocycles. The number of anilines is 1. The van der Waals surface area contributed by atoms with Crippen LogP contribution in [0.2, 0.25) is 0 Å². The first kappa shape index (κ1) is 26.8. The summed E-state index contributed by atoms with van der Waals surface area (Å²) in [6, 6.07) is 18.8. The Labute approximate surface area is 224 Å². The molecule has 0 unspecified atom stereocenters. The van der Waals surface area contributed by atoms with Gasteiger partial charge in [-0.25, -0.2) is 0 Å². The molecule has 2 amide bonds. The molecule has 198 valence electrons. The second kappa shape index (κ2) is 12.8. The lowest BCUT2D eigenvalue weighted by Gasteiger charge is -2.26. The van der Waals surface area contributed by atoms with Crippen molar-refractivity contribution in [2.24, 2.45) is 0 Å². The standard InChI is InChI=1S/C31H34N2O5/c1-22-7-13-25(14-8-22)32-31(35)30-24(20-27(36-2)21-28(30)37-3)12-9-23-10-15-26(16-11-23)38-19-18-33-17-5-4-6-29(33)34/h7-16,20-21H,4-6,17-19H2,1-3H3,(H,32,35)/b12-9+. The van der Waals surface area contributed by atoms with Crippen LogP contribution in [0.3, 0.4) is 0 Å². The third kappa shape index (κ3) is 6.94. The largest absolute Gasteiger partial charge is 0.497 e. The molecule has 7 heteroatoms. The third-order valence-electron chi connectivity index (χ3n) is 6.49. The fourth-order valence-corrected chi connectivity index (χ4v) is 4.33. The maximum atomic E-state index is 13.3. The van der Waals surface area contributed by atoms with E-state index in [4.69, 9.17) is 14.2 Å². The minimum absolute atomic E-state index is 0.210. The van der Waals surface area contributed by atoms with Gasteiger partial charge in [-0.3, -0.25) is 9.59 Å². The molecule has 0 radical (unpaired) electrons. The van der Waals surface area contributed by atoms with Crippen LogP contribution in [0.4, 0.5) is 5.69 Å². The Bertz CT molecular complexity index is 1280. The molecule has 38 heavy (non-hydrogen) atoms. The van der Waals surface area contributed by atoms with Crippen LogP contribution in [-0.4, -0.2) is 50.6 Å². The normalized spacial score (nSPS) is 13.4. The summed E-state index contributed by atoms with van der Waals surface area (Å²) in [5.74, 6) is 1.69. The zero-order valence-corrected chi connectivity index (χ0v) is 22.2. The number of hydrogen-bond donors (Lipinski definition) is 1. The first-order valence-electron chi connectivity index (χ1n) is 12.8. The highest BCUT2D eigenvalue weighted by molar-refractivity contribution is 6.09. The van der Waals surface area contributed by atoms with Gasteiger partial charge in [-0.1, -0.05) is 42.0 Å². The van der Waals surface area contributed by atoms with Crippen molar-refractivity contribution in [1.29, 1.82) is 0 Å². The highest BCUT2D eigenvalue weighted by Gasteiger charge is 2.19. The SMILES string of the molecule is COc1cc(/C=C/c2ccc(OCCN3CCCCC3=O)cc2)c(C(=O)Nc2ccc(C)cc2)c(OC)c1. The van der Waals surface area contributed by atoms with Gasteiger partial charge in [-0.05, 0) is 61.2 Å². The van der Waals surface area contributed by atoms with Crippen LogP contribution in [-0.2, 0) is 4.79 Å². The van der Waals surface area contributed by atoms with Crippen LogP contribution < -0.4 is 19.5 Å². The minimum Gasteiger partial charge on any atom is -0.497 e. The summed E-state index contributed by atoms with van der Waals surface area (Å²) in [6.45, 7) is 3.87. The lowest BCUT2D eigenvalue weighted by Crippen LogP contribution is -2.38. The molecule has 1 aliphatic heterocycles. The van der Waals surface area contributed by atoms with Crippen molar-refractivity contribution in [3.63, 3.8) is 0 Å². The first-order valence-corrected chi connectivity index (χ1v) is 12.8. The predicted molar refractivity (Wildman–Crippen MR) is 150 cm³/mol. The zero-order chi connectivity index (χ0) is 26.9. The number of benzene rings is 3. The topological polar surface area (TPSA) is 77.1 Å². The van der Waals surface area contributed by atoms with Crippen molar-refractivity contribution < 1.29 is 23.8 Å². The van der Waals surface area contributed by atoms with Crippen molar-refractivity contribution >= 4 is 29.7 Å². The average molecular weight is 515 g/mol. The molecule has 1 saturated heterocycles. The van der Waals surface area contributed by atoms with Gasteiger partial charge in [0, 0.05) is 24.7 Å². The van der Waals surface area contributed by atoms with E-state index in [9.17, 15) is 9.59 Å². The molecule has 4 rings (SSSR count). The van der Waals surface area contributed by atoms with E-state index in [0.29, 0.717) is 47.9 Å². The highest BCUT2D eigenvalue weighted by atomic mass is 16.5. The van der Waals surface area contributed by atoms with E-state index in [2.05, 4.69) is 5.32 Å². The van der Waals surface area contributed by atoms with E-state index < -0.39 is 0 Å². The molecule has 3 aromatic rings. The Balaban J connectivity index is 1.47. The summed E-state index contributed by atoms with van der Waals surface area (Å²) in [6.07, 6.45) is 6.46. The number of methoxy groups -OCH3 is 2. The van der Waals surface area contributed by atoms with E-state index in [1.54, 1.807) is 13.2 Å². The molecular formula is C31H34N2O5. The minimum atomic E-state index is -0.274. The smallest absolute Gasteiger partial charge is 0.260 e. The van der Waals surface area contributed by atoms with Crippen LogP contribution in [0, 0.1) is 6.92 Å². The summed E-state index contributed by atoms with van der Waals surface area (Å²) < 4.78 is 16.8. The van der Waals surface area contributed by atoms with Gasteiger partial charge >= 0.3 is 0 Å². The van der Waals surface area contributed by atoms with Crippen molar-refractivity contribution in [2.45, 2.75) is 26.2 Å². The number of rotatable bonds is 10. The van der Waals surface area contributed by atoms with Gasteiger partial charge in [0.15, 0.2) is 0 Å². The molecule has 0 spiro atoms. The maximum Gasteiger partial charge on any atom is 0.260 e. The van der Waals surface area contributed by atoms with Crippen molar-refractivity contribution in [2.75, 3.05) is 39.2 Å². The molecule has 0 saturated carbocycles. The van der Waals surface area contributed by atoms with E-state index in [-0.39, 0.29) is 11.8 Å². The third-order valence-corrected chi connectivity index (χ3v) is 6.49. The quantitative estimate of drug-likeness (QED) is 0.345. The monoisotopic (exact) mass is 514 g/mol. The lowest BCUT2D eigenvalue weighted by atomic mass is 10.0. The molecule has 0 bridgehead atoms. The Morgan fingerprint density at radius 3 is 2.39 bits per heavy atom. The summed E-state index contributed by atoms with van der Waals surface area (Å²) in [7, 11) is 3.11. The van der Waals surface area contributed by atoms with E-state index >= 15 is 0 Å². The number of hydrogen-bond acceptors (Lipinski definition) is 5. The maximum absolute atomic E-state index is 13.3. The molecule has 1 fully saturated rings. The number of carbonyl (C=O) groups excluding carboxylic acids is 2. The molecule has 3 aromatic carbocycles. The predicted octanol–water partition coefficient (Wildman–Crippen LogP) is 5.83. The number of ether oxygens (including phenoxy) is 3. The number of carbonyl (C=O) groups is 2. The average Bonchev–Trinajstić information content (AvgIpc) is 2.94. The highest BCUT2D eigenvalue weighted by Crippen LogP contribution is 2.31. The van der Waals surface area contributed by atoms with Crippen LogP contribution in [0.1, 0.15) is 46.3 Å². The number of piperidine rings is 1. The zero-order valence-electron chi connectivity index (χ0n) is 22.2. The summed E-state index contributed by atoms with van der Waals surface area (Å²) >= 11 is 0. The van der Waals surface area contributed by atoms with Crippen molar-refractivity contribution in [3.05, 3.63) is 82.9 Å². The van der Waals surface area contributed by atoms with Crippen LogP contribution in [0.25, 0.3) is 12.2 Å². The molecule has 0 aromatic heterocycles. The van der Waals surface area contributed by atoms with Gasteiger partial charge in [-0.15, -0.1) is 0 Å². The second-order valence-electron chi connectivity index (χ2n) is 9.20. The fourth-order valence-electron chi connectivity index (χ4n) is 4.33. The van der Waals surface area contributed by atoms with Crippen molar-refractivity contribution in [1.82, 2.24) is 4.90 Å². The van der Waals surface area contributed by atoms with Gasteiger partial charge in [0.25, 0.3) is 5.91 Å². The molecule has 0 atom stereocenters. The second-order valence-corrected chi connectivity index (χ2v) is 9.20. The van der Waals surface area contributed by atoms with Crippen LogP contribution >= 0.6 is 0 Å². The number of aryl methyl sites for hydroxylation is 1. The summed E-state index contributed by atoms with van der Waals surface area (Å²) in [4.78, 5) is 27.1. The lowest BCUT2D eigenvalue weighted by molar-refractivity contribution is -0.133. The van der Waals surface area contributed by atoms with Gasteiger partial charge in [0.2, 0.25) is 5.91 Å². The Morgan fingerprint density at radius 1 is 0.947 bits per heavy atom. The molecule has 1 aliphatic rings.